The van der Waals surface area contributed by atoms with Crippen molar-refractivity contribution in [3.63, 3.8) is 0 Å². The fourth-order valence-electron chi connectivity index (χ4n) is 3.48. The molecule has 1 N–H and O–H groups in total. The van der Waals surface area contributed by atoms with Crippen molar-refractivity contribution in [2.45, 2.75) is 59.5 Å². The van der Waals surface area contributed by atoms with Gasteiger partial charge in [-0.1, -0.05) is 55.8 Å². The summed E-state index contributed by atoms with van der Waals surface area (Å²) in [6.07, 6.45) is 2.24. The molecule has 0 unspecified atom stereocenters. The lowest BCUT2D eigenvalue weighted by molar-refractivity contribution is -0.123. The van der Waals surface area contributed by atoms with Crippen LogP contribution in [-0.2, 0) is 14.8 Å². The highest BCUT2D eigenvalue weighted by atomic mass is 32.2. The Morgan fingerprint density at radius 3 is 2.07 bits per heavy atom. The van der Waals surface area contributed by atoms with E-state index in [0.717, 1.165) is 28.5 Å². The maximum Gasteiger partial charge on any atom is 0.244 e. The van der Waals surface area contributed by atoms with Crippen molar-refractivity contribution in [3.8, 4) is 0 Å². The molecule has 0 aliphatic heterocycles. The number of amides is 1. The van der Waals surface area contributed by atoms with E-state index in [1.807, 2.05) is 77.1 Å². The molecule has 2 rings (SSSR count). The van der Waals surface area contributed by atoms with Crippen LogP contribution in [-0.4, -0.2) is 26.6 Å². The molecule has 5 nitrogen and oxygen atoms in total. The van der Waals surface area contributed by atoms with E-state index in [4.69, 9.17) is 0 Å². The van der Waals surface area contributed by atoms with Crippen LogP contribution in [0.25, 0.3) is 0 Å². The Morgan fingerprint density at radius 2 is 1.55 bits per heavy atom. The van der Waals surface area contributed by atoms with Crippen LogP contribution in [0.3, 0.4) is 0 Å². The van der Waals surface area contributed by atoms with Crippen LogP contribution in [0, 0.1) is 20.8 Å². The number of hydrogen-bond acceptors (Lipinski definition) is 3. The van der Waals surface area contributed by atoms with Gasteiger partial charge in [-0.2, -0.15) is 0 Å². The highest BCUT2D eigenvalue weighted by Gasteiger charge is 2.33. The number of anilines is 1. The standard InChI is InChI=1S/C23H32N2O3S/c1-7-20(19-13-10-16(3)11-14-19)24-23(26)21(8-2)25(29(6,27)28)22-15-17(4)9-12-18(22)5/h9-15,20-21H,7-8H2,1-6H3,(H,24,26)/t20-,21+/m0/s1. The van der Waals surface area contributed by atoms with Crippen LogP contribution in [0.2, 0.25) is 0 Å². The molecular weight excluding hydrogens is 384 g/mol. The lowest BCUT2D eigenvalue weighted by Crippen LogP contribution is -2.50. The van der Waals surface area contributed by atoms with E-state index in [-0.39, 0.29) is 11.9 Å². The van der Waals surface area contributed by atoms with Crippen molar-refractivity contribution in [3.05, 3.63) is 64.7 Å². The number of carbonyl (C=O) groups excluding carboxylic acids is 1. The molecule has 2 aromatic rings. The van der Waals surface area contributed by atoms with Crippen LogP contribution in [0.4, 0.5) is 5.69 Å². The molecule has 6 heteroatoms. The van der Waals surface area contributed by atoms with Gasteiger partial charge in [0.05, 0.1) is 18.0 Å². The quantitative estimate of drug-likeness (QED) is 0.692. The zero-order chi connectivity index (χ0) is 21.8. The molecule has 158 valence electrons. The van der Waals surface area contributed by atoms with Crippen molar-refractivity contribution >= 4 is 21.6 Å². The molecule has 2 aromatic carbocycles. The Hall–Kier alpha value is -2.34. The number of aryl methyl sites for hydroxylation is 3. The lowest BCUT2D eigenvalue weighted by Gasteiger charge is -2.32. The van der Waals surface area contributed by atoms with Gasteiger partial charge in [-0.3, -0.25) is 9.10 Å². The van der Waals surface area contributed by atoms with E-state index in [9.17, 15) is 13.2 Å². The van der Waals surface area contributed by atoms with Crippen molar-refractivity contribution in [1.82, 2.24) is 5.32 Å². The number of carbonyl (C=O) groups is 1. The van der Waals surface area contributed by atoms with Gasteiger partial charge in [0.2, 0.25) is 15.9 Å². The summed E-state index contributed by atoms with van der Waals surface area (Å²) >= 11 is 0. The molecule has 0 radical (unpaired) electrons. The second-order valence-electron chi connectivity index (χ2n) is 7.65. The Balaban J connectivity index is 2.40. The molecule has 0 aromatic heterocycles. The molecule has 2 atom stereocenters. The fraction of sp³-hybridized carbons (Fsp3) is 0.435. The van der Waals surface area contributed by atoms with Crippen LogP contribution >= 0.6 is 0 Å². The number of nitrogens with zero attached hydrogens (tertiary/aromatic N) is 1. The number of nitrogens with one attached hydrogen (secondary N) is 1. The smallest absolute Gasteiger partial charge is 0.244 e. The molecule has 29 heavy (non-hydrogen) atoms. The first kappa shape index (κ1) is 22.9. The van der Waals surface area contributed by atoms with Gasteiger partial charge in [0.1, 0.15) is 6.04 Å². The van der Waals surface area contributed by atoms with E-state index in [1.165, 1.54) is 4.31 Å². The zero-order valence-corrected chi connectivity index (χ0v) is 19.0. The summed E-state index contributed by atoms with van der Waals surface area (Å²) in [6, 6.07) is 12.7. The summed E-state index contributed by atoms with van der Waals surface area (Å²) < 4.78 is 26.7. The first-order valence-corrected chi connectivity index (χ1v) is 11.9. The van der Waals surface area contributed by atoms with Crippen LogP contribution in [0.1, 0.15) is 55.0 Å². The molecule has 0 aliphatic carbocycles. The predicted molar refractivity (Wildman–Crippen MR) is 120 cm³/mol. The first-order chi connectivity index (χ1) is 13.6. The van der Waals surface area contributed by atoms with E-state index in [2.05, 4.69) is 5.32 Å². The van der Waals surface area contributed by atoms with Crippen molar-refractivity contribution < 1.29 is 13.2 Å². The van der Waals surface area contributed by atoms with Gasteiger partial charge in [-0.15, -0.1) is 0 Å². The third kappa shape index (κ3) is 5.60. The summed E-state index contributed by atoms with van der Waals surface area (Å²) in [5.41, 5.74) is 4.48. The second-order valence-corrected chi connectivity index (χ2v) is 9.51. The number of rotatable bonds is 8. The average Bonchev–Trinajstić information content (AvgIpc) is 2.66. The highest BCUT2D eigenvalue weighted by Crippen LogP contribution is 2.28. The molecule has 0 saturated carbocycles. The summed E-state index contributed by atoms with van der Waals surface area (Å²) in [5, 5.41) is 3.06. The third-order valence-electron chi connectivity index (χ3n) is 5.14. The fourth-order valence-corrected chi connectivity index (χ4v) is 4.74. The van der Waals surface area contributed by atoms with Gasteiger partial charge in [-0.05, 0) is 56.4 Å². The monoisotopic (exact) mass is 416 g/mol. The topological polar surface area (TPSA) is 66.5 Å². The second kappa shape index (κ2) is 9.44. The Kier molecular flexibility index (Phi) is 7.47. The third-order valence-corrected chi connectivity index (χ3v) is 6.30. The van der Waals surface area contributed by atoms with Crippen molar-refractivity contribution in [2.75, 3.05) is 10.6 Å². The van der Waals surface area contributed by atoms with E-state index >= 15 is 0 Å². The van der Waals surface area contributed by atoms with E-state index in [1.54, 1.807) is 0 Å². The van der Waals surface area contributed by atoms with Crippen LogP contribution in [0.5, 0.6) is 0 Å². The van der Waals surface area contributed by atoms with Gasteiger partial charge < -0.3 is 5.32 Å². The molecule has 0 bridgehead atoms. The largest absolute Gasteiger partial charge is 0.347 e. The Morgan fingerprint density at radius 1 is 0.966 bits per heavy atom. The van der Waals surface area contributed by atoms with E-state index < -0.39 is 16.1 Å². The predicted octanol–water partition coefficient (Wildman–Crippen LogP) is 4.42. The van der Waals surface area contributed by atoms with Gasteiger partial charge >= 0.3 is 0 Å². The van der Waals surface area contributed by atoms with Gasteiger partial charge in [-0.25, -0.2) is 8.42 Å². The molecule has 0 saturated heterocycles. The molecule has 0 fully saturated rings. The maximum absolute atomic E-state index is 13.2. The van der Waals surface area contributed by atoms with Gasteiger partial charge in [0, 0.05) is 0 Å². The van der Waals surface area contributed by atoms with Crippen LogP contribution in [0.15, 0.2) is 42.5 Å². The van der Waals surface area contributed by atoms with Crippen LogP contribution < -0.4 is 9.62 Å². The average molecular weight is 417 g/mol. The summed E-state index contributed by atoms with van der Waals surface area (Å²) in [5.74, 6) is -0.286. The lowest BCUT2D eigenvalue weighted by atomic mass is 10.0. The number of hydrogen-bond donors (Lipinski definition) is 1. The molecular formula is C23H32N2O3S. The van der Waals surface area contributed by atoms with Crippen molar-refractivity contribution in [1.29, 1.82) is 0 Å². The van der Waals surface area contributed by atoms with E-state index in [0.29, 0.717) is 18.5 Å². The Bertz CT molecular complexity index is 953. The Labute approximate surface area is 175 Å². The first-order valence-electron chi connectivity index (χ1n) is 10.0. The SMILES string of the molecule is CC[C@H](NC(=O)[C@@H](CC)N(c1cc(C)ccc1C)S(C)(=O)=O)c1ccc(C)cc1. The zero-order valence-electron chi connectivity index (χ0n) is 18.2. The number of sulfonamides is 1. The molecule has 0 aliphatic rings. The summed E-state index contributed by atoms with van der Waals surface area (Å²) in [4.78, 5) is 13.2. The van der Waals surface area contributed by atoms with Gasteiger partial charge in [0.25, 0.3) is 0 Å². The molecule has 0 spiro atoms. The minimum atomic E-state index is -3.65. The van der Waals surface area contributed by atoms with Crippen molar-refractivity contribution in [2.24, 2.45) is 0 Å². The highest BCUT2D eigenvalue weighted by molar-refractivity contribution is 7.92. The maximum atomic E-state index is 13.2. The number of benzene rings is 2. The molecule has 1 amide bonds. The minimum absolute atomic E-state index is 0.169. The summed E-state index contributed by atoms with van der Waals surface area (Å²) in [6.45, 7) is 9.63. The summed E-state index contributed by atoms with van der Waals surface area (Å²) in [7, 11) is -3.65. The van der Waals surface area contributed by atoms with Gasteiger partial charge in [0.15, 0.2) is 0 Å². The minimum Gasteiger partial charge on any atom is -0.347 e. The molecule has 0 heterocycles. The normalized spacial score (nSPS) is 13.6.